The number of imidazole rings is 1. The van der Waals surface area contributed by atoms with Crippen LogP contribution < -0.4 is 4.90 Å². The number of anilines is 1. The molecule has 0 spiro atoms. The van der Waals surface area contributed by atoms with Crippen molar-refractivity contribution in [3.05, 3.63) is 24.3 Å². The van der Waals surface area contributed by atoms with Crippen LogP contribution in [0.25, 0.3) is 5.65 Å². The minimum absolute atomic E-state index is 0.296. The van der Waals surface area contributed by atoms with Crippen LogP contribution in [0, 0.1) is 11.8 Å². The fourth-order valence-corrected chi connectivity index (χ4v) is 3.67. The lowest BCUT2D eigenvalue weighted by Gasteiger charge is -2.18. The van der Waals surface area contributed by atoms with Crippen molar-refractivity contribution in [1.82, 2.24) is 14.4 Å². The molecule has 21 heavy (non-hydrogen) atoms. The van der Waals surface area contributed by atoms with Crippen LogP contribution in [0.15, 0.2) is 18.6 Å². The Hall–Kier alpha value is -1.79. The lowest BCUT2D eigenvalue weighted by molar-refractivity contribution is -0.140. The van der Waals surface area contributed by atoms with Crippen LogP contribution in [0.1, 0.15) is 25.0 Å². The van der Waals surface area contributed by atoms with Gasteiger partial charge in [0.25, 0.3) is 0 Å². The van der Waals surface area contributed by atoms with Crippen LogP contribution in [-0.4, -0.2) is 27.5 Å². The largest absolute Gasteiger partial charge is 0.434 e. The molecule has 2 aromatic rings. The van der Waals surface area contributed by atoms with Crippen LogP contribution in [0.5, 0.6) is 0 Å². The first-order valence-corrected chi connectivity index (χ1v) is 7.18. The third kappa shape index (κ3) is 2.06. The number of alkyl halides is 3. The number of hydrogen-bond acceptors (Lipinski definition) is 3. The van der Waals surface area contributed by atoms with Crippen LogP contribution in [0.2, 0.25) is 0 Å². The second-order valence-electron chi connectivity index (χ2n) is 5.96. The second kappa shape index (κ2) is 4.35. The van der Waals surface area contributed by atoms with Crippen molar-refractivity contribution in [3.8, 4) is 0 Å². The molecule has 2 aromatic heterocycles. The molecule has 2 atom stereocenters. The predicted octanol–water partition coefficient (Wildman–Crippen LogP) is 2.98. The fourth-order valence-electron chi connectivity index (χ4n) is 3.67. The average molecular weight is 296 g/mol. The van der Waals surface area contributed by atoms with Crippen molar-refractivity contribution in [1.29, 1.82) is 0 Å². The highest BCUT2D eigenvalue weighted by Gasteiger charge is 2.38. The van der Waals surface area contributed by atoms with E-state index in [1.807, 2.05) is 0 Å². The number of nitrogens with zero attached hydrogens (tertiary/aromatic N) is 4. The summed E-state index contributed by atoms with van der Waals surface area (Å²) in [4.78, 5) is 10.1. The molecule has 0 radical (unpaired) electrons. The van der Waals surface area contributed by atoms with E-state index in [4.69, 9.17) is 0 Å². The van der Waals surface area contributed by atoms with Crippen molar-refractivity contribution in [2.24, 2.45) is 11.8 Å². The van der Waals surface area contributed by atoms with E-state index >= 15 is 0 Å². The molecule has 0 N–H and O–H groups in total. The van der Waals surface area contributed by atoms with Gasteiger partial charge in [-0.25, -0.2) is 9.97 Å². The van der Waals surface area contributed by atoms with Crippen LogP contribution in [0.3, 0.4) is 0 Å². The zero-order chi connectivity index (χ0) is 14.6. The molecular formula is C14H15F3N4. The smallest absolute Gasteiger partial charge is 0.353 e. The topological polar surface area (TPSA) is 33.4 Å². The van der Waals surface area contributed by atoms with Gasteiger partial charge in [0.2, 0.25) is 0 Å². The van der Waals surface area contributed by atoms with Crippen molar-refractivity contribution in [2.75, 3.05) is 18.0 Å². The quantitative estimate of drug-likeness (QED) is 0.811. The zero-order valence-corrected chi connectivity index (χ0v) is 11.3. The molecule has 4 nitrogen and oxygen atoms in total. The Morgan fingerprint density at radius 1 is 1.14 bits per heavy atom. The monoisotopic (exact) mass is 296 g/mol. The maximum absolute atomic E-state index is 12.8. The molecule has 3 heterocycles. The Balaban J connectivity index is 1.74. The summed E-state index contributed by atoms with van der Waals surface area (Å²) in [6, 6.07) is 0. The Kier molecular flexibility index (Phi) is 2.68. The fraction of sp³-hybridized carbons (Fsp3) is 0.571. The summed E-state index contributed by atoms with van der Waals surface area (Å²) in [6.07, 6.45) is 3.35. The van der Waals surface area contributed by atoms with Crippen LogP contribution in [0.4, 0.5) is 19.0 Å². The van der Waals surface area contributed by atoms with Gasteiger partial charge in [0.15, 0.2) is 17.2 Å². The summed E-state index contributed by atoms with van der Waals surface area (Å²) < 4.78 is 39.9. The van der Waals surface area contributed by atoms with Gasteiger partial charge in [0.05, 0.1) is 0 Å². The number of aromatic nitrogens is 3. The van der Waals surface area contributed by atoms with Crippen LogP contribution in [-0.2, 0) is 6.18 Å². The van der Waals surface area contributed by atoms with Crippen LogP contribution >= 0.6 is 0 Å². The molecule has 2 fully saturated rings. The molecule has 2 unspecified atom stereocenters. The van der Waals surface area contributed by atoms with E-state index < -0.39 is 11.9 Å². The highest BCUT2D eigenvalue weighted by Crippen LogP contribution is 2.40. The van der Waals surface area contributed by atoms with Gasteiger partial charge in [-0.3, -0.25) is 0 Å². The third-order valence-electron chi connectivity index (χ3n) is 4.67. The second-order valence-corrected chi connectivity index (χ2v) is 5.96. The molecule has 1 aliphatic carbocycles. The number of hydrogen-bond donors (Lipinski definition) is 0. The molecule has 112 valence electrons. The molecule has 1 aliphatic heterocycles. The van der Waals surface area contributed by atoms with Crippen molar-refractivity contribution in [3.63, 3.8) is 0 Å². The molecule has 1 saturated carbocycles. The van der Waals surface area contributed by atoms with Gasteiger partial charge in [0, 0.05) is 31.7 Å². The highest BCUT2D eigenvalue weighted by atomic mass is 19.4. The first-order valence-electron chi connectivity index (χ1n) is 7.18. The standard InChI is InChI=1S/C14H15F3N4/c15-14(16,17)11-8-20-5-4-18-12(13(20)19-11)21-6-9-2-1-3-10(9)7-21/h4-5,8-10H,1-3,6-7H2. The van der Waals surface area contributed by atoms with Gasteiger partial charge in [0.1, 0.15) is 0 Å². The van der Waals surface area contributed by atoms with Gasteiger partial charge < -0.3 is 9.30 Å². The summed E-state index contributed by atoms with van der Waals surface area (Å²) in [5.41, 5.74) is -0.569. The summed E-state index contributed by atoms with van der Waals surface area (Å²) >= 11 is 0. The van der Waals surface area contributed by atoms with Crippen molar-refractivity contribution >= 4 is 11.5 Å². The minimum Gasteiger partial charge on any atom is -0.353 e. The summed E-state index contributed by atoms with van der Waals surface area (Å²) in [5.74, 6) is 1.88. The van der Waals surface area contributed by atoms with Gasteiger partial charge >= 0.3 is 6.18 Å². The molecule has 0 bridgehead atoms. The van der Waals surface area contributed by atoms with E-state index in [9.17, 15) is 13.2 Å². The molecule has 0 aromatic carbocycles. The molecule has 0 amide bonds. The lowest BCUT2D eigenvalue weighted by atomic mass is 10.0. The number of rotatable bonds is 1. The van der Waals surface area contributed by atoms with E-state index in [1.165, 1.54) is 36.1 Å². The first kappa shape index (κ1) is 12.9. The summed E-state index contributed by atoms with van der Waals surface area (Å²) in [5, 5.41) is 0. The normalized spacial score (nSPS) is 25.8. The molecule has 1 saturated heterocycles. The zero-order valence-electron chi connectivity index (χ0n) is 11.3. The van der Waals surface area contributed by atoms with Gasteiger partial charge in [-0.15, -0.1) is 0 Å². The minimum atomic E-state index is -4.43. The SMILES string of the molecule is FC(F)(F)c1cn2ccnc(N3CC4CCCC4C3)c2n1. The van der Waals surface area contributed by atoms with Crippen molar-refractivity contribution < 1.29 is 13.2 Å². The first-order chi connectivity index (χ1) is 10.0. The van der Waals surface area contributed by atoms with E-state index in [0.717, 1.165) is 19.3 Å². The van der Waals surface area contributed by atoms with Gasteiger partial charge in [-0.05, 0) is 24.7 Å². The third-order valence-corrected chi connectivity index (χ3v) is 4.67. The van der Waals surface area contributed by atoms with E-state index in [0.29, 0.717) is 23.3 Å². The predicted molar refractivity (Wildman–Crippen MR) is 71.0 cm³/mol. The summed E-state index contributed by atoms with van der Waals surface area (Å²) in [6.45, 7) is 1.76. The average Bonchev–Trinajstić information content (AvgIpc) is 3.10. The molecule has 7 heteroatoms. The van der Waals surface area contributed by atoms with E-state index in [2.05, 4.69) is 14.9 Å². The Morgan fingerprint density at radius 2 is 1.86 bits per heavy atom. The van der Waals surface area contributed by atoms with Gasteiger partial charge in [-0.1, -0.05) is 6.42 Å². The van der Waals surface area contributed by atoms with E-state index in [1.54, 1.807) is 0 Å². The Labute approximate surface area is 119 Å². The highest BCUT2D eigenvalue weighted by molar-refractivity contribution is 5.65. The molecular weight excluding hydrogens is 281 g/mol. The summed E-state index contributed by atoms with van der Waals surface area (Å²) in [7, 11) is 0. The van der Waals surface area contributed by atoms with Gasteiger partial charge in [-0.2, -0.15) is 13.2 Å². The number of fused-ring (bicyclic) bond motifs is 2. The number of halogens is 3. The molecule has 4 rings (SSSR count). The molecule has 2 aliphatic rings. The Bertz CT molecular complexity index is 666. The maximum atomic E-state index is 12.8. The van der Waals surface area contributed by atoms with Crippen molar-refractivity contribution in [2.45, 2.75) is 25.4 Å². The van der Waals surface area contributed by atoms with E-state index in [-0.39, 0.29) is 0 Å². The Morgan fingerprint density at radius 3 is 2.52 bits per heavy atom. The maximum Gasteiger partial charge on any atom is 0.434 e. The lowest BCUT2D eigenvalue weighted by Crippen LogP contribution is -2.22.